The maximum Gasteiger partial charge on any atom is 0.226 e. The molecule has 3 rings (SSSR count). The van der Waals surface area contributed by atoms with Crippen molar-refractivity contribution in [2.75, 3.05) is 6.61 Å². The lowest BCUT2D eigenvalue weighted by molar-refractivity contribution is -0.135. The van der Waals surface area contributed by atoms with Crippen molar-refractivity contribution in [2.24, 2.45) is 13.0 Å². The number of carbonyl (C=O) groups excluding carboxylic acids is 1. The summed E-state index contributed by atoms with van der Waals surface area (Å²) in [5.74, 6) is 0.491. The van der Waals surface area contributed by atoms with Gasteiger partial charge in [-0.25, -0.2) is 4.98 Å². The lowest BCUT2D eigenvalue weighted by Crippen LogP contribution is -2.38. The van der Waals surface area contributed by atoms with Crippen molar-refractivity contribution < 1.29 is 9.53 Å². The number of nitrogens with zero attached hydrogens (tertiary/aromatic N) is 3. The maximum absolute atomic E-state index is 12.6. The third-order valence-corrected chi connectivity index (χ3v) is 4.29. The van der Waals surface area contributed by atoms with Crippen LogP contribution in [0.15, 0.2) is 36.7 Å². The van der Waals surface area contributed by atoms with E-state index in [0.29, 0.717) is 18.7 Å². The van der Waals surface area contributed by atoms with E-state index in [9.17, 15) is 4.79 Å². The van der Waals surface area contributed by atoms with Gasteiger partial charge in [0.15, 0.2) is 0 Å². The van der Waals surface area contributed by atoms with Crippen molar-refractivity contribution in [3.63, 3.8) is 0 Å². The molecule has 24 heavy (non-hydrogen) atoms. The van der Waals surface area contributed by atoms with E-state index in [4.69, 9.17) is 10.00 Å². The minimum absolute atomic E-state index is 0.0370. The predicted molar refractivity (Wildman–Crippen MR) is 87.6 cm³/mol. The van der Waals surface area contributed by atoms with E-state index in [1.807, 2.05) is 29.9 Å². The van der Waals surface area contributed by atoms with Crippen molar-refractivity contribution in [2.45, 2.75) is 25.5 Å². The molecule has 1 saturated heterocycles. The van der Waals surface area contributed by atoms with Crippen LogP contribution in [0.5, 0.6) is 0 Å². The SMILES string of the molecule is Cn1ccnc1[C@@H]1OCCC[C@H]1C(=O)NCc1cccc(C#N)c1. The smallest absolute Gasteiger partial charge is 0.226 e. The quantitative estimate of drug-likeness (QED) is 0.934. The average molecular weight is 324 g/mol. The first kappa shape index (κ1) is 16.2. The molecule has 0 unspecified atom stereocenters. The molecule has 1 N–H and O–H groups in total. The lowest BCUT2D eigenvalue weighted by Gasteiger charge is -2.30. The first-order valence-electron chi connectivity index (χ1n) is 8.04. The van der Waals surface area contributed by atoms with Gasteiger partial charge in [-0.3, -0.25) is 4.79 Å². The Balaban J connectivity index is 1.68. The van der Waals surface area contributed by atoms with Crippen LogP contribution < -0.4 is 5.32 Å². The fourth-order valence-corrected chi connectivity index (χ4v) is 3.03. The van der Waals surface area contributed by atoms with Crippen molar-refractivity contribution in [1.82, 2.24) is 14.9 Å². The van der Waals surface area contributed by atoms with Gasteiger partial charge in [0, 0.05) is 32.6 Å². The lowest BCUT2D eigenvalue weighted by atomic mass is 9.92. The Bertz CT molecular complexity index is 762. The molecule has 0 bridgehead atoms. The molecule has 2 aromatic rings. The van der Waals surface area contributed by atoms with Crippen molar-refractivity contribution >= 4 is 5.91 Å². The highest BCUT2D eigenvalue weighted by Gasteiger charge is 2.35. The Morgan fingerprint density at radius 3 is 3.17 bits per heavy atom. The summed E-state index contributed by atoms with van der Waals surface area (Å²) in [5, 5.41) is 11.9. The second-order valence-electron chi connectivity index (χ2n) is 5.97. The number of hydrogen-bond donors (Lipinski definition) is 1. The van der Waals surface area contributed by atoms with E-state index in [0.717, 1.165) is 24.2 Å². The predicted octanol–water partition coefficient (Wildman–Crippen LogP) is 2.08. The van der Waals surface area contributed by atoms with Gasteiger partial charge in [-0.1, -0.05) is 12.1 Å². The largest absolute Gasteiger partial charge is 0.369 e. The van der Waals surface area contributed by atoms with E-state index in [2.05, 4.69) is 16.4 Å². The topological polar surface area (TPSA) is 79.9 Å². The zero-order valence-electron chi connectivity index (χ0n) is 13.6. The first-order valence-corrected chi connectivity index (χ1v) is 8.04. The number of amides is 1. The Labute approximate surface area is 141 Å². The number of nitrogens with one attached hydrogen (secondary N) is 1. The number of hydrogen-bond acceptors (Lipinski definition) is 4. The number of nitriles is 1. The maximum atomic E-state index is 12.6. The summed E-state index contributed by atoms with van der Waals surface area (Å²) >= 11 is 0. The van der Waals surface area contributed by atoms with E-state index >= 15 is 0 Å². The van der Waals surface area contributed by atoms with Crippen LogP contribution in [0.2, 0.25) is 0 Å². The summed E-state index contributed by atoms with van der Waals surface area (Å²) in [4.78, 5) is 17.0. The summed E-state index contributed by atoms with van der Waals surface area (Å²) in [7, 11) is 1.91. The van der Waals surface area contributed by atoms with Crippen molar-refractivity contribution in [1.29, 1.82) is 5.26 Å². The number of aromatic nitrogens is 2. The second kappa shape index (κ2) is 7.28. The Hall–Kier alpha value is -2.65. The molecule has 6 heteroatoms. The summed E-state index contributed by atoms with van der Waals surface area (Å²) in [6.45, 7) is 1.05. The molecular weight excluding hydrogens is 304 g/mol. The fraction of sp³-hybridized carbons (Fsp3) is 0.389. The number of aryl methyl sites for hydroxylation is 1. The molecule has 0 radical (unpaired) electrons. The molecule has 1 amide bonds. The molecule has 1 aliphatic heterocycles. The van der Waals surface area contributed by atoms with Gasteiger partial charge in [0.2, 0.25) is 5.91 Å². The molecule has 0 aliphatic carbocycles. The summed E-state index contributed by atoms with van der Waals surface area (Å²) in [6.07, 6.45) is 4.90. The third kappa shape index (κ3) is 3.47. The molecule has 2 heterocycles. The van der Waals surface area contributed by atoms with E-state index < -0.39 is 0 Å². The third-order valence-electron chi connectivity index (χ3n) is 4.29. The van der Waals surface area contributed by atoms with Gasteiger partial charge < -0.3 is 14.6 Å². The minimum atomic E-state index is -0.316. The van der Waals surface area contributed by atoms with Gasteiger partial charge in [-0.05, 0) is 30.5 Å². The molecule has 0 saturated carbocycles. The van der Waals surface area contributed by atoms with E-state index in [1.54, 1.807) is 18.3 Å². The van der Waals surface area contributed by atoms with Gasteiger partial charge in [0.1, 0.15) is 11.9 Å². The fourth-order valence-electron chi connectivity index (χ4n) is 3.03. The normalized spacial score (nSPS) is 20.3. The van der Waals surface area contributed by atoms with Gasteiger partial charge in [0.05, 0.1) is 17.6 Å². The molecule has 1 aromatic carbocycles. The number of imidazole rings is 1. The van der Waals surface area contributed by atoms with E-state index in [1.165, 1.54) is 0 Å². The van der Waals surface area contributed by atoms with Crippen LogP contribution in [-0.2, 0) is 23.1 Å². The molecule has 1 aromatic heterocycles. The number of ether oxygens (including phenoxy) is 1. The molecule has 6 nitrogen and oxygen atoms in total. The first-order chi connectivity index (χ1) is 11.7. The van der Waals surface area contributed by atoms with Crippen LogP contribution in [0, 0.1) is 17.2 Å². The standard InChI is InChI=1S/C18H20N4O2/c1-22-8-7-20-17(22)16-15(6-3-9-24-16)18(23)21-12-14-5-2-4-13(10-14)11-19/h2,4-5,7-8,10,15-16H,3,6,9,12H2,1H3,(H,21,23)/t15-,16-/m1/s1. The Kier molecular flexibility index (Phi) is 4.92. The highest BCUT2D eigenvalue weighted by molar-refractivity contribution is 5.79. The highest BCUT2D eigenvalue weighted by atomic mass is 16.5. The number of rotatable bonds is 4. The van der Waals surface area contributed by atoms with Crippen molar-refractivity contribution in [3.05, 3.63) is 53.6 Å². The zero-order chi connectivity index (χ0) is 16.9. The molecule has 1 fully saturated rings. The van der Waals surface area contributed by atoms with Gasteiger partial charge in [-0.2, -0.15) is 5.26 Å². The highest BCUT2D eigenvalue weighted by Crippen LogP contribution is 2.32. The summed E-state index contributed by atoms with van der Waals surface area (Å²) < 4.78 is 7.73. The van der Waals surface area contributed by atoms with E-state index in [-0.39, 0.29) is 17.9 Å². The molecule has 0 spiro atoms. The molecule has 124 valence electrons. The Morgan fingerprint density at radius 2 is 2.42 bits per heavy atom. The van der Waals surface area contributed by atoms with Crippen LogP contribution in [0.3, 0.4) is 0 Å². The number of benzene rings is 1. The zero-order valence-corrected chi connectivity index (χ0v) is 13.6. The molecule has 1 aliphatic rings. The van der Waals surface area contributed by atoms with Crippen LogP contribution in [0.4, 0.5) is 0 Å². The summed E-state index contributed by atoms with van der Waals surface area (Å²) in [6, 6.07) is 9.36. The monoisotopic (exact) mass is 324 g/mol. The van der Waals surface area contributed by atoms with Crippen LogP contribution in [0.1, 0.15) is 35.9 Å². The molecular formula is C18H20N4O2. The summed E-state index contributed by atoms with van der Waals surface area (Å²) in [5.41, 5.74) is 1.50. The van der Waals surface area contributed by atoms with Crippen LogP contribution in [-0.4, -0.2) is 22.1 Å². The van der Waals surface area contributed by atoms with Crippen LogP contribution in [0.25, 0.3) is 0 Å². The van der Waals surface area contributed by atoms with Crippen molar-refractivity contribution in [3.8, 4) is 6.07 Å². The van der Waals surface area contributed by atoms with Gasteiger partial charge in [0.25, 0.3) is 0 Å². The molecule has 2 atom stereocenters. The van der Waals surface area contributed by atoms with Gasteiger partial charge >= 0.3 is 0 Å². The number of carbonyl (C=O) groups is 1. The van der Waals surface area contributed by atoms with Gasteiger partial charge in [-0.15, -0.1) is 0 Å². The van der Waals surface area contributed by atoms with Crippen LogP contribution >= 0.6 is 0 Å². The average Bonchev–Trinajstić information content (AvgIpc) is 3.05. The minimum Gasteiger partial charge on any atom is -0.369 e. The Morgan fingerprint density at radius 1 is 1.54 bits per heavy atom. The second-order valence-corrected chi connectivity index (χ2v) is 5.97.